The number of halogens is 2. The van der Waals surface area contributed by atoms with Gasteiger partial charge in [-0.3, -0.25) is 4.79 Å². The van der Waals surface area contributed by atoms with E-state index in [-0.39, 0.29) is 5.82 Å². The fourth-order valence-corrected chi connectivity index (χ4v) is 2.25. The minimum absolute atomic E-state index is 0.354. The molecule has 2 rings (SSSR count). The molecule has 0 saturated carbocycles. The van der Waals surface area contributed by atoms with E-state index in [2.05, 4.69) is 5.32 Å². The standard InChI is InChI=1S/C15H14ClFN2O2/c1-21-12-4-2-3-11(16)13(12)14(15(18)20)19-10-7-5-9(17)6-8-10/h2-8,14,19H,1H3,(H2,18,20). The van der Waals surface area contributed by atoms with E-state index in [4.69, 9.17) is 22.1 Å². The summed E-state index contributed by atoms with van der Waals surface area (Å²) in [5.41, 5.74) is 6.44. The Hall–Kier alpha value is -2.27. The summed E-state index contributed by atoms with van der Waals surface area (Å²) in [5, 5.41) is 3.29. The molecule has 0 spiro atoms. The molecule has 0 saturated heterocycles. The van der Waals surface area contributed by atoms with Crippen molar-refractivity contribution >= 4 is 23.2 Å². The number of benzene rings is 2. The Morgan fingerprint density at radius 1 is 1.29 bits per heavy atom. The van der Waals surface area contributed by atoms with Crippen LogP contribution in [0.5, 0.6) is 5.75 Å². The Morgan fingerprint density at radius 2 is 1.95 bits per heavy atom. The molecule has 0 aliphatic rings. The van der Waals surface area contributed by atoms with Crippen LogP contribution in [0.1, 0.15) is 11.6 Å². The number of hydrogen-bond acceptors (Lipinski definition) is 3. The molecule has 1 atom stereocenters. The lowest BCUT2D eigenvalue weighted by Gasteiger charge is -2.20. The Morgan fingerprint density at radius 3 is 2.52 bits per heavy atom. The van der Waals surface area contributed by atoms with E-state index in [9.17, 15) is 9.18 Å². The first-order valence-corrected chi connectivity index (χ1v) is 6.54. The zero-order valence-corrected chi connectivity index (χ0v) is 12.0. The first kappa shape index (κ1) is 15.1. The molecular formula is C15H14ClFN2O2. The van der Waals surface area contributed by atoms with Gasteiger partial charge in [-0.25, -0.2) is 4.39 Å². The van der Waals surface area contributed by atoms with Gasteiger partial charge in [-0.05, 0) is 36.4 Å². The van der Waals surface area contributed by atoms with Gasteiger partial charge in [-0.1, -0.05) is 17.7 Å². The van der Waals surface area contributed by atoms with Crippen LogP contribution in [0, 0.1) is 5.82 Å². The van der Waals surface area contributed by atoms with Crippen LogP contribution >= 0.6 is 11.6 Å². The maximum atomic E-state index is 12.9. The van der Waals surface area contributed by atoms with Crippen molar-refractivity contribution in [2.24, 2.45) is 5.73 Å². The highest BCUT2D eigenvalue weighted by Gasteiger charge is 2.24. The van der Waals surface area contributed by atoms with E-state index < -0.39 is 11.9 Å². The number of amides is 1. The predicted molar refractivity (Wildman–Crippen MR) is 80.0 cm³/mol. The molecule has 4 nitrogen and oxygen atoms in total. The van der Waals surface area contributed by atoms with Gasteiger partial charge < -0.3 is 15.8 Å². The molecule has 0 aliphatic carbocycles. The van der Waals surface area contributed by atoms with Gasteiger partial charge in [0.05, 0.1) is 12.1 Å². The van der Waals surface area contributed by atoms with Crippen molar-refractivity contribution in [2.45, 2.75) is 6.04 Å². The fourth-order valence-electron chi connectivity index (χ4n) is 1.97. The van der Waals surface area contributed by atoms with Crippen molar-refractivity contribution in [1.82, 2.24) is 0 Å². The van der Waals surface area contributed by atoms with Crippen molar-refractivity contribution < 1.29 is 13.9 Å². The molecule has 110 valence electrons. The van der Waals surface area contributed by atoms with Gasteiger partial charge in [-0.15, -0.1) is 0 Å². The Bertz CT molecular complexity index is 647. The maximum absolute atomic E-state index is 12.9. The molecule has 0 radical (unpaired) electrons. The van der Waals surface area contributed by atoms with Gasteiger partial charge in [0, 0.05) is 11.3 Å². The molecule has 0 aliphatic heterocycles. The average molecular weight is 309 g/mol. The zero-order chi connectivity index (χ0) is 15.4. The topological polar surface area (TPSA) is 64.3 Å². The number of carbonyl (C=O) groups excluding carboxylic acids is 1. The molecule has 6 heteroatoms. The molecule has 0 fully saturated rings. The SMILES string of the molecule is COc1cccc(Cl)c1C(Nc1ccc(F)cc1)C(N)=O. The van der Waals surface area contributed by atoms with Crippen molar-refractivity contribution in [3.8, 4) is 5.75 Å². The summed E-state index contributed by atoms with van der Waals surface area (Å²) in [5.74, 6) is -0.543. The van der Waals surface area contributed by atoms with Gasteiger partial charge in [0.15, 0.2) is 0 Å². The normalized spacial score (nSPS) is 11.8. The number of ether oxygens (including phenoxy) is 1. The zero-order valence-electron chi connectivity index (χ0n) is 11.3. The summed E-state index contributed by atoms with van der Waals surface area (Å²) in [6.45, 7) is 0. The van der Waals surface area contributed by atoms with Gasteiger partial charge in [0.2, 0.25) is 5.91 Å². The van der Waals surface area contributed by atoms with Crippen LogP contribution in [0.25, 0.3) is 0 Å². The smallest absolute Gasteiger partial charge is 0.244 e. The van der Waals surface area contributed by atoms with Crippen molar-refractivity contribution in [3.05, 3.63) is 58.9 Å². The number of nitrogens with one attached hydrogen (secondary N) is 1. The second kappa shape index (κ2) is 6.45. The lowest BCUT2D eigenvalue weighted by atomic mass is 10.0. The Balaban J connectivity index is 2.40. The van der Waals surface area contributed by atoms with E-state index in [0.29, 0.717) is 22.0 Å². The molecule has 0 aromatic heterocycles. The summed E-state index contributed by atoms with van der Waals surface area (Å²) in [6.07, 6.45) is 0. The van der Waals surface area contributed by atoms with Crippen molar-refractivity contribution in [3.63, 3.8) is 0 Å². The second-order valence-electron chi connectivity index (χ2n) is 4.34. The number of carbonyl (C=O) groups is 1. The fraction of sp³-hybridized carbons (Fsp3) is 0.133. The highest BCUT2D eigenvalue weighted by atomic mass is 35.5. The number of methoxy groups -OCH3 is 1. The third-order valence-corrected chi connectivity index (χ3v) is 3.29. The van der Waals surface area contributed by atoms with E-state index in [1.54, 1.807) is 18.2 Å². The number of rotatable bonds is 5. The molecule has 0 heterocycles. The van der Waals surface area contributed by atoms with E-state index in [1.165, 1.54) is 31.4 Å². The molecule has 3 N–H and O–H groups in total. The molecule has 0 bridgehead atoms. The van der Waals surface area contributed by atoms with Gasteiger partial charge >= 0.3 is 0 Å². The van der Waals surface area contributed by atoms with Crippen LogP contribution in [0.3, 0.4) is 0 Å². The Labute approximate surface area is 126 Å². The summed E-state index contributed by atoms with van der Waals surface area (Å²) in [6, 6.07) is 9.72. The summed E-state index contributed by atoms with van der Waals surface area (Å²) in [4.78, 5) is 11.8. The highest BCUT2D eigenvalue weighted by Crippen LogP contribution is 2.34. The van der Waals surface area contributed by atoms with Crippen molar-refractivity contribution in [1.29, 1.82) is 0 Å². The highest BCUT2D eigenvalue weighted by molar-refractivity contribution is 6.32. The maximum Gasteiger partial charge on any atom is 0.244 e. The first-order valence-electron chi connectivity index (χ1n) is 6.16. The largest absolute Gasteiger partial charge is 0.496 e. The quantitative estimate of drug-likeness (QED) is 0.892. The lowest BCUT2D eigenvalue weighted by molar-refractivity contribution is -0.118. The molecular weight excluding hydrogens is 295 g/mol. The Kier molecular flexibility index (Phi) is 4.65. The summed E-state index contributed by atoms with van der Waals surface area (Å²) in [7, 11) is 1.48. The molecule has 21 heavy (non-hydrogen) atoms. The number of anilines is 1. The third kappa shape index (κ3) is 3.44. The van der Waals surface area contributed by atoms with Crippen LogP contribution in [0.2, 0.25) is 5.02 Å². The van der Waals surface area contributed by atoms with Crippen LogP contribution < -0.4 is 15.8 Å². The predicted octanol–water partition coefficient (Wildman–Crippen LogP) is 3.13. The summed E-state index contributed by atoms with van der Waals surface area (Å²) < 4.78 is 18.1. The van der Waals surface area contributed by atoms with Crippen LogP contribution in [0.15, 0.2) is 42.5 Å². The third-order valence-electron chi connectivity index (χ3n) is 2.96. The number of hydrogen-bond donors (Lipinski definition) is 2. The lowest BCUT2D eigenvalue weighted by Crippen LogP contribution is -2.28. The van der Waals surface area contributed by atoms with E-state index in [1.807, 2.05) is 0 Å². The first-order chi connectivity index (χ1) is 10.0. The average Bonchev–Trinajstić information content (AvgIpc) is 2.46. The number of nitrogens with two attached hydrogens (primary N) is 1. The molecule has 1 amide bonds. The summed E-state index contributed by atoms with van der Waals surface area (Å²) >= 11 is 6.15. The minimum atomic E-state index is -0.890. The monoisotopic (exact) mass is 308 g/mol. The van der Waals surface area contributed by atoms with Crippen LogP contribution in [0.4, 0.5) is 10.1 Å². The van der Waals surface area contributed by atoms with Crippen molar-refractivity contribution in [2.75, 3.05) is 12.4 Å². The van der Waals surface area contributed by atoms with Gasteiger partial charge in [0.1, 0.15) is 17.6 Å². The van der Waals surface area contributed by atoms with Gasteiger partial charge in [-0.2, -0.15) is 0 Å². The molecule has 2 aromatic rings. The van der Waals surface area contributed by atoms with Gasteiger partial charge in [0.25, 0.3) is 0 Å². The second-order valence-corrected chi connectivity index (χ2v) is 4.75. The number of primary amides is 1. The minimum Gasteiger partial charge on any atom is -0.496 e. The van der Waals surface area contributed by atoms with Crippen LogP contribution in [-0.4, -0.2) is 13.0 Å². The molecule has 2 aromatic carbocycles. The molecule has 1 unspecified atom stereocenters. The van der Waals surface area contributed by atoms with Crippen LogP contribution in [-0.2, 0) is 4.79 Å². The van der Waals surface area contributed by atoms with E-state index in [0.717, 1.165) is 0 Å². The van der Waals surface area contributed by atoms with E-state index >= 15 is 0 Å².